The van der Waals surface area contributed by atoms with Gasteiger partial charge in [-0.1, -0.05) is 36.4 Å². The summed E-state index contributed by atoms with van der Waals surface area (Å²) in [4.78, 5) is 30.1. The van der Waals surface area contributed by atoms with Crippen LogP contribution in [0, 0.1) is 0 Å². The Kier molecular flexibility index (Phi) is 3.64. The van der Waals surface area contributed by atoms with E-state index in [1.807, 2.05) is 42.5 Å². The van der Waals surface area contributed by atoms with E-state index in [0.717, 1.165) is 11.1 Å². The first-order chi connectivity index (χ1) is 10.3. The maximum absolute atomic E-state index is 12.2. The molecule has 5 nitrogen and oxygen atoms in total. The summed E-state index contributed by atoms with van der Waals surface area (Å²) in [6, 6.07) is 12.5. The monoisotopic (exact) mass is 281 g/mol. The average Bonchev–Trinajstić information content (AvgIpc) is 2.53. The van der Waals surface area contributed by atoms with Gasteiger partial charge < -0.3 is 10.2 Å². The standard InChI is InChI=1S/C16H15N3O2/c20-14-10-18-16(21)15(13-6-2-1-3-7-13)19(14)11-12-5-4-8-17-9-12/h1-9,15H,10-11H2,(H,18,21). The SMILES string of the molecule is O=C1NCC(=O)N(Cc2cccnc2)C1c1ccccc1. The molecule has 1 aliphatic heterocycles. The van der Waals surface area contributed by atoms with Crippen LogP contribution in [-0.4, -0.2) is 28.2 Å². The Labute approximate surface area is 122 Å². The second-order valence-corrected chi connectivity index (χ2v) is 4.91. The zero-order chi connectivity index (χ0) is 14.7. The molecule has 1 fully saturated rings. The fourth-order valence-corrected chi connectivity index (χ4v) is 2.48. The van der Waals surface area contributed by atoms with Crippen LogP contribution in [0.1, 0.15) is 17.2 Å². The molecule has 1 unspecified atom stereocenters. The number of nitrogens with one attached hydrogen (secondary N) is 1. The molecule has 2 amide bonds. The molecular weight excluding hydrogens is 266 g/mol. The quantitative estimate of drug-likeness (QED) is 0.922. The van der Waals surface area contributed by atoms with E-state index in [-0.39, 0.29) is 18.4 Å². The van der Waals surface area contributed by atoms with Crippen LogP contribution in [0.2, 0.25) is 0 Å². The largest absolute Gasteiger partial charge is 0.345 e. The molecule has 106 valence electrons. The summed E-state index contributed by atoms with van der Waals surface area (Å²) >= 11 is 0. The highest BCUT2D eigenvalue weighted by molar-refractivity contribution is 5.95. The van der Waals surface area contributed by atoms with Gasteiger partial charge in [0, 0.05) is 18.9 Å². The molecule has 5 heteroatoms. The van der Waals surface area contributed by atoms with Gasteiger partial charge in [-0.2, -0.15) is 0 Å². The number of carbonyl (C=O) groups excluding carboxylic acids is 2. The van der Waals surface area contributed by atoms with E-state index in [2.05, 4.69) is 10.3 Å². The molecule has 2 heterocycles. The van der Waals surface area contributed by atoms with Crippen molar-refractivity contribution in [2.75, 3.05) is 6.54 Å². The lowest BCUT2D eigenvalue weighted by Gasteiger charge is -2.35. The first-order valence-corrected chi connectivity index (χ1v) is 6.77. The minimum Gasteiger partial charge on any atom is -0.345 e. The molecule has 1 aromatic heterocycles. The lowest BCUT2D eigenvalue weighted by molar-refractivity contribution is -0.146. The number of hydrogen-bond acceptors (Lipinski definition) is 3. The second kappa shape index (κ2) is 5.75. The molecular formula is C16H15N3O2. The highest BCUT2D eigenvalue weighted by Crippen LogP contribution is 2.25. The molecule has 2 aromatic rings. The summed E-state index contributed by atoms with van der Waals surface area (Å²) in [5.41, 5.74) is 1.72. The third kappa shape index (κ3) is 2.76. The minimum atomic E-state index is -0.590. The van der Waals surface area contributed by atoms with E-state index in [4.69, 9.17) is 0 Å². The fourth-order valence-electron chi connectivity index (χ4n) is 2.48. The summed E-state index contributed by atoms with van der Waals surface area (Å²) in [6.07, 6.45) is 3.39. The molecule has 21 heavy (non-hydrogen) atoms. The van der Waals surface area contributed by atoms with Crippen LogP contribution >= 0.6 is 0 Å². The molecule has 0 radical (unpaired) electrons. The van der Waals surface area contributed by atoms with Gasteiger partial charge in [0.2, 0.25) is 11.8 Å². The van der Waals surface area contributed by atoms with E-state index >= 15 is 0 Å². The van der Waals surface area contributed by atoms with Crippen molar-refractivity contribution in [2.45, 2.75) is 12.6 Å². The van der Waals surface area contributed by atoms with Gasteiger partial charge in [-0.15, -0.1) is 0 Å². The Balaban J connectivity index is 1.93. The van der Waals surface area contributed by atoms with Gasteiger partial charge in [0.1, 0.15) is 6.04 Å². The molecule has 0 bridgehead atoms. The van der Waals surface area contributed by atoms with Gasteiger partial charge in [0.05, 0.1) is 6.54 Å². The summed E-state index contributed by atoms with van der Waals surface area (Å²) in [5, 5.41) is 2.65. The van der Waals surface area contributed by atoms with Crippen LogP contribution in [0.25, 0.3) is 0 Å². The average molecular weight is 281 g/mol. The molecule has 3 rings (SSSR count). The summed E-state index contributed by atoms with van der Waals surface area (Å²) < 4.78 is 0. The van der Waals surface area contributed by atoms with Gasteiger partial charge >= 0.3 is 0 Å². The van der Waals surface area contributed by atoms with Crippen LogP contribution < -0.4 is 5.32 Å². The van der Waals surface area contributed by atoms with Gasteiger partial charge in [-0.3, -0.25) is 14.6 Å². The van der Waals surface area contributed by atoms with E-state index in [1.54, 1.807) is 17.3 Å². The van der Waals surface area contributed by atoms with Crippen molar-refractivity contribution in [3.8, 4) is 0 Å². The number of hydrogen-bond donors (Lipinski definition) is 1. The number of rotatable bonds is 3. The number of aromatic nitrogens is 1. The Hall–Kier alpha value is -2.69. The lowest BCUT2D eigenvalue weighted by atomic mass is 10.0. The molecule has 1 atom stereocenters. The molecule has 1 aliphatic rings. The maximum Gasteiger partial charge on any atom is 0.247 e. The number of amides is 2. The molecule has 1 aromatic carbocycles. The topological polar surface area (TPSA) is 62.3 Å². The van der Waals surface area contributed by atoms with E-state index in [9.17, 15) is 9.59 Å². The first-order valence-electron chi connectivity index (χ1n) is 6.77. The van der Waals surface area contributed by atoms with Crippen molar-refractivity contribution in [3.05, 3.63) is 66.0 Å². The summed E-state index contributed by atoms with van der Waals surface area (Å²) in [5.74, 6) is -0.239. The predicted molar refractivity (Wildman–Crippen MR) is 77.0 cm³/mol. The van der Waals surface area contributed by atoms with Gasteiger partial charge in [0.25, 0.3) is 0 Å². The maximum atomic E-state index is 12.2. The van der Waals surface area contributed by atoms with Crippen molar-refractivity contribution in [1.29, 1.82) is 0 Å². The normalized spacial score (nSPS) is 18.5. The van der Waals surface area contributed by atoms with Crippen LogP contribution in [0.15, 0.2) is 54.9 Å². The van der Waals surface area contributed by atoms with Crippen LogP contribution in [-0.2, 0) is 16.1 Å². The molecule has 1 N–H and O–H groups in total. The Bertz CT molecular complexity index is 643. The van der Waals surface area contributed by atoms with Crippen molar-refractivity contribution < 1.29 is 9.59 Å². The number of benzene rings is 1. The Morgan fingerprint density at radius 2 is 1.95 bits per heavy atom. The predicted octanol–water partition coefficient (Wildman–Crippen LogP) is 1.28. The minimum absolute atomic E-state index is 0.0441. The van der Waals surface area contributed by atoms with Crippen LogP contribution in [0.5, 0.6) is 0 Å². The van der Waals surface area contributed by atoms with Crippen molar-refractivity contribution in [3.63, 3.8) is 0 Å². The van der Waals surface area contributed by atoms with E-state index in [1.165, 1.54) is 0 Å². The molecule has 0 spiro atoms. The second-order valence-electron chi connectivity index (χ2n) is 4.91. The Morgan fingerprint density at radius 3 is 2.67 bits per heavy atom. The number of nitrogens with zero attached hydrogens (tertiary/aromatic N) is 2. The fraction of sp³-hybridized carbons (Fsp3) is 0.188. The van der Waals surface area contributed by atoms with E-state index < -0.39 is 6.04 Å². The van der Waals surface area contributed by atoms with Crippen molar-refractivity contribution in [1.82, 2.24) is 15.2 Å². The van der Waals surface area contributed by atoms with Gasteiger partial charge in [-0.05, 0) is 17.2 Å². The lowest BCUT2D eigenvalue weighted by Crippen LogP contribution is -2.53. The highest BCUT2D eigenvalue weighted by atomic mass is 16.2. The number of piperazine rings is 1. The van der Waals surface area contributed by atoms with Crippen LogP contribution in [0.3, 0.4) is 0 Å². The van der Waals surface area contributed by atoms with Crippen molar-refractivity contribution in [2.24, 2.45) is 0 Å². The van der Waals surface area contributed by atoms with E-state index in [0.29, 0.717) is 6.54 Å². The smallest absolute Gasteiger partial charge is 0.247 e. The molecule has 1 saturated heterocycles. The van der Waals surface area contributed by atoms with Gasteiger partial charge in [0.15, 0.2) is 0 Å². The zero-order valence-electron chi connectivity index (χ0n) is 11.4. The summed E-state index contributed by atoms with van der Waals surface area (Å²) in [6.45, 7) is 0.419. The first kappa shape index (κ1) is 13.3. The van der Waals surface area contributed by atoms with Crippen LogP contribution in [0.4, 0.5) is 0 Å². The number of carbonyl (C=O) groups is 2. The summed E-state index contributed by atoms with van der Waals surface area (Å²) in [7, 11) is 0. The Morgan fingerprint density at radius 1 is 1.14 bits per heavy atom. The third-order valence-electron chi connectivity index (χ3n) is 3.49. The number of pyridine rings is 1. The third-order valence-corrected chi connectivity index (χ3v) is 3.49. The van der Waals surface area contributed by atoms with Crippen molar-refractivity contribution >= 4 is 11.8 Å². The van der Waals surface area contributed by atoms with Gasteiger partial charge in [-0.25, -0.2) is 0 Å². The molecule has 0 saturated carbocycles. The highest BCUT2D eigenvalue weighted by Gasteiger charge is 2.35. The molecule has 0 aliphatic carbocycles. The zero-order valence-corrected chi connectivity index (χ0v) is 11.4.